The summed E-state index contributed by atoms with van der Waals surface area (Å²) < 4.78 is 10.5. The van der Waals surface area contributed by atoms with Crippen molar-refractivity contribution in [3.8, 4) is 11.5 Å². The third kappa shape index (κ3) is 3.52. The fourth-order valence-corrected chi connectivity index (χ4v) is 2.83. The van der Waals surface area contributed by atoms with Crippen LogP contribution in [0.3, 0.4) is 0 Å². The first kappa shape index (κ1) is 16.8. The van der Waals surface area contributed by atoms with E-state index in [0.29, 0.717) is 28.7 Å². The third-order valence-electron chi connectivity index (χ3n) is 4.28. The molecule has 1 aliphatic heterocycles. The van der Waals surface area contributed by atoms with Gasteiger partial charge in [-0.15, -0.1) is 10.2 Å². The first-order chi connectivity index (χ1) is 13.1. The van der Waals surface area contributed by atoms with E-state index in [1.807, 2.05) is 32.0 Å². The molecule has 136 valence electrons. The number of hydrogen-bond donors (Lipinski definition) is 2. The smallest absolute Gasteiger partial charge is 0.257 e. The Bertz CT molecular complexity index is 982. The van der Waals surface area contributed by atoms with Crippen LogP contribution in [0.2, 0.25) is 0 Å². The molecule has 7 heteroatoms. The van der Waals surface area contributed by atoms with Crippen LogP contribution in [0.15, 0.2) is 48.5 Å². The quantitative estimate of drug-likeness (QED) is 0.734. The van der Waals surface area contributed by atoms with Crippen molar-refractivity contribution in [1.29, 1.82) is 0 Å². The number of aryl methyl sites for hydroxylation is 2. The van der Waals surface area contributed by atoms with Crippen molar-refractivity contribution in [2.24, 2.45) is 0 Å². The number of aromatic nitrogens is 2. The number of benzene rings is 2. The Kier molecular flexibility index (Phi) is 4.33. The van der Waals surface area contributed by atoms with Gasteiger partial charge < -0.3 is 20.1 Å². The number of ether oxygens (including phenoxy) is 2. The first-order valence-corrected chi connectivity index (χ1v) is 8.48. The second-order valence-corrected chi connectivity index (χ2v) is 6.22. The van der Waals surface area contributed by atoms with Crippen molar-refractivity contribution < 1.29 is 14.3 Å². The van der Waals surface area contributed by atoms with Gasteiger partial charge in [0.25, 0.3) is 5.91 Å². The summed E-state index contributed by atoms with van der Waals surface area (Å²) in [5.74, 6) is 1.87. The molecule has 1 amide bonds. The van der Waals surface area contributed by atoms with Gasteiger partial charge in [0, 0.05) is 11.3 Å². The lowest BCUT2D eigenvalue weighted by molar-refractivity contribution is 0.102. The summed E-state index contributed by atoms with van der Waals surface area (Å²) in [5, 5.41) is 14.2. The number of para-hydroxylation sites is 1. The molecule has 27 heavy (non-hydrogen) atoms. The van der Waals surface area contributed by atoms with E-state index < -0.39 is 0 Å². The van der Waals surface area contributed by atoms with E-state index in [1.165, 1.54) is 0 Å². The summed E-state index contributed by atoms with van der Waals surface area (Å²) in [6, 6.07) is 14.6. The van der Waals surface area contributed by atoms with Crippen LogP contribution < -0.4 is 20.1 Å². The summed E-state index contributed by atoms with van der Waals surface area (Å²) in [7, 11) is 0. The molecule has 4 rings (SSSR count). The van der Waals surface area contributed by atoms with Crippen molar-refractivity contribution in [3.05, 3.63) is 65.2 Å². The molecule has 0 bridgehead atoms. The van der Waals surface area contributed by atoms with E-state index in [4.69, 9.17) is 9.47 Å². The molecule has 0 unspecified atom stereocenters. The molecule has 0 fully saturated rings. The van der Waals surface area contributed by atoms with Crippen molar-refractivity contribution in [1.82, 2.24) is 10.2 Å². The fraction of sp³-hybridized carbons (Fsp3) is 0.150. The molecule has 3 aromatic rings. The van der Waals surface area contributed by atoms with Crippen LogP contribution in [0.1, 0.15) is 21.5 Å². The monoisotopic (exact) mass is 362 g/mol. The lowest BCUT2D eigenvalue weighted by Crippen LogP contribution is -2.13. The molecule has 0 saturated carbocycles. The number of carbonyl (C=O) groups excluding carboxylic acids is 1. The standard InChI is InChI=1S/C20H18N4O3/c1-12-4-3-5-13(2)19(12)21-17-8-9-18(24-23-17)22-20(25)14-6-7-15-16(10-14)27-11-26-15/h3-10H,11H2,1-2H3,(H,21,23)(H,22,24,25). The Morgan fingerprint density at radius 3 is 2.37 bits per heavy atom. The van der Waals surface area contributed by atoms with Gasteiger partial charge in [-0.2, -0.15) is 0 Å². The number of hydrogen-bond acceptors (Lipinski definition) is 6. The van der Waals surface area contributed by atoms with Gasteiger partial charge in [-0.3, -0.25) is 4.79 Å². The largest absolute Gasteiger partial charge is 0.454 e. The maximum Gasteiger partial charge on any atom is 0.257 e. The number of anilines is 3. The first-order valence-electron chi connectivity index (χ1n) is 8.48. The Morgan fingerprint density at radius 2 is 1.63 bits per heavy atom. The summed E-state index contributed by atoms with van der Waals surface area (Å²) in [4.78, 5) is 12.4. The summed E-state index contributed by atoms with van der Waals surface area (Å²) in [6.45, 7) is 4.23. The normalized spacial score (nSPS) is 11.9. The minimum atomic E-state index is -0.293. The van der Waals surface area contributed by atoms with Crippen LogP contribution >= 0.6 is 0 Å². The Morgan fingerprint density at radius 1 is 0.926 bits per heavy atom. The Hall–Kier alpha value is -3.61. The molecule has 7 nitrogen and oxygen atoms in total. The summed E-state index contributed by atoms with van der Waals surface area (Å²) in [6.07, 6.45) is 0. The van der Waals surface area contributed by atoms with E-state index in [1.54, 1.807) is 30.3 Å². The van der Waals surface area contributed by atoms with Crippen molar-refractivity contribution in [2.75, 3.05) is 17.4 Å². The minimum absolute atomic E-state index is 0.167. The lowest BCUT2D eigenvalue weighted by atomic mass is 10.1. The average molecular weight is 362 g/mol. The van der Waals surface area contributed by atoms with Gasteiger partial charge >= 0.3 is 0 Å². The molecular weight excluding hydrogens is 344 g/mol. The average Bonchev–Trinajstić information content (AvgIpc) is 3.14. The molecule has 1 aliphatic rings. The van der Waals surface area contributed by atoms with Gasteiger partial charge in [-0.25, -0.2) is 0 Å². The number of carbonyl (C=O) groups is 1. The van der Waals surface area contributed by atoms with E-state index in [-0.39, 0.29) is 12.7 Å². The molecule has 0 aliphatic carbocycles. The Labute approximate surface area is 156 Å². The highest BCUT2D eigenvalue weighted by atomic mass is 16.7. The molecule has 0 radical (unpaired) electrons. The highest BCUT2D eigenvalue weighted by Gasteiger charge is 2.16. The van der Waals surface area contributed by atoms with Crippen LogP contribution in [0.4, 0.5) is 17.3 Å². The van der Waals surface area contributed by atoms with Crippen molar-refractivity contribution >= 4 is 23.2 Å². The van der Waals surface area contributed by atoms with Gasteiger partial charge in [0.05, 0.1) is 0 Å². The number of fused-ring (bicyclic) bond motifs is 1. The Balaban J connectivity index is 1.45. The van der Waals surface area contributed by atoms with Gasteiger partial charge in [-0.05, 0) is 55.3 Å². The van der Waals surface area contributed by atoms with Crippen LogP contribution in [-0.4, -0.2) is 22.9 Å². The van der Waals surface area contributed by atoms with Crippen LogP contribution in [-0.2, 0) is 0 Å². The number of rotatable bonds is 4. The highest BCUT2D eigenvalue weighted by molar-refractivity contribution is 6.04. The maximum absolute atomic E-state index is 12.4. The second-order valence-electron chi connectivity index (χ2n) is 6.22. The number of nitrogens with zero attached hydrogens (tertiary/aromatic N) is 2. The third-order valence-corrected chi connectivity index (χ3v) is 4.28. The number of nitrogens with one attached hydrogen (secondary N) is 2. The fourth-order valence-electron chi connectivity index (χ4n) is 2.83. The summed E-state index contributed by atoms with van der Waals surface area (Å²) >= 11 is 0. The molecule has 0 saturated heterocycles. The topological polar surface area (TPSA) is 85.4 Å². The summed E-state index contributed by atoms with van der Waals surface area (Å²) in [5.41, 5.74) is 3.71. The van der Waals surface area contributed by atoms with E-state index >= 15 is 0 Å². The lowest BCUT2D eigenvalue weighted by Gasteiger charge is -2.11. The van der Waals surface area contributed by atoms with Gasteiger partial charge in [0.2, 0.25) is 6.79 Å². The predicted octanol–water partition coefficient (Wildman–Crippen LogP) is 3.82. The number of amides is 1. The molecule has 2 N–H and O–H groups in total. The van der Waals surface area contributed by atoms with Crippen LogP contribution in [0.5, 0.6) is 11.5 Å². The molecule has 0 atom stereocenters. The van der Waals surface area contributed by atoms with Crippen molar-refractivity contribution in [3.63, 3.8) is 0 Å². The molecule has 2 aromatic carbocycles. The SMILES string of the molecule is Cc1cccc(C)c1Nc1ccc(NC(=O)c2ccc3c(c2)OCO3)nn1. The van der Waals surface area contributed by atoms with E-state index in [2.05, 4.69) is 20.8 Å². The molecule has 0 spiro atoms. The molecular formula is C20H18N4O3. The van der Waals surface area contributed by atoms with Crippen LogP contribution in [0.25, 0.3) is 0 Å². The molecule has 1 aromatic heterocycles. The minimum Gasteiger partial charge on any atom is -0.454 e. The van der Waals surface area contributed by atoms with E-state index in [9.17, 15) is 4.79 Å². The highest BCUT2D eigenvalue weighted by Crippen LogP contribution is 2.32. The van der Waals surface area contributed by atoms with Crippen molar-refractivity contribution in [2.45, 2.75) is 13.8 Å². The van der Waals surface area contributed by atoms with Gasteiger partial charge in [-0.1, -0.05) is 18.2 Å². The van der Waals surface area contributed by atoms with Crippen LogP contribution in [0, 0.1) is 13.8 Å². The second kappa shape index (κ2) is 6.95. The van der Waals surface area contributed by atoms with Gasteiger partial charge in [0.1, 0.15) is 0 Å². The van der Waals surface area contributed by atoms with E-state index in [0.717, 1.165) is 16.8 Å². The zero-order valence-corrected chi connectivity index (χ0v) is 14.9. The zero-order chi connectivity index (χ0) is 18.8. The molecule has 2 heterocycles. The maximum atomic E-state index is 12.4. The zero-order valence-electron chi connectivity index (χ0n) is 14.9. The predicted molar refractivity (Wildman–Crippen MR) is 102 cm³/mol. The van der Waals surface area contributed by atoms with Gasteiger partial charge in [0.15, 0.2) is 23.1 Å².